The van der Waals surface area contributed by atoms with Crippen molar-refractivity contribution in [3.8, 4) is 0 Å². The maximum atomic E-state index is 12.7. The monoisotopic (exact) mass is 384 g/mol. The average molecular weight is 385 g/mol. The van der Waals surface area contributed by atoms with Crippen LogP contribution in [0.15, 0.2) is 42.5 Å². The molecule has 3 rings (SSSR count). The summed E-state index contributed by atoms with van der Waals surface area (Å²) in [5.74, 6) is 0.279. The summed E-state index contributed by atoms with van der Waals surface area (Å²) in [5.41, 5.74) is 4.82. The van der Waals surface area contributed by atoms with Gasteiger partial charge < -0.3 is 5.32 Å². The SMILES string of the molecule is Cc1ccc(C)c(C(C)NC(=O)C2CCN(Cc3ccccc3Cl)CC2)c1. The first-order chi connectivity index (χ1) is 12.9. The third-order valence-electron chi connectivity index (χ3n) is 5.57. The van der Waals surface area contributed by atoms with Crippen LogP contribution in [0.4, 0.5) is 0 Å². The van der Waals surface area contributed by atoms with Crippen LogP contribution in [0.1, 0.15) is 48.1 Å². The molecule has 2 aromatic carbocycles. The number of piperidine rings is 1. The van der Waals surface area contributed by atoms with E-state index in [1.54, 1.807) is 0 Å². The number of aryl methyl sites for hydroxylation is 2. The number of rotatable bonds is 5. The molecular weight excluding hydrogens is 356 g/mol. The standard InChI is InChI=1S/C23H29ClN2O/c1-16-8-9-17(2)21(14-16)18(3)25-23(27)19-10-12-26(13-11-19)15-20-6-4-5-7-22(20)24/h4-9,14,18-19H,10-13,15H2,1-3H3,(H,25,27). The highest BCUT2D eigenvalue weighted by Crippen LogP contribution is 2.24. The molecule has 2 aromatic rings. The lowest BCUT2D eigenvalue weighted by Crippen LogP contribution is -2.41. The van der Waals surface area contributed by atoms with Gasteiger partial charge in [-0.1, -0.05) is 53.6 Å². The minimum Gasteiger partial charge on any atom is -0.349 e. The second kappa shape index (κ2) is 8.90. The normalized spacial score (nSPS) is 16.9. The summed E-state index contributed by atoms with van der Waals surface area (Å²) >= 11 is 6.27. The zero-order valence-corrected chi connectivity index (χ0v) is 17.2. The molecule has 0 saturated carbocycles. The molecule has 1 heterocycles. The number of nitrogens with zero attached hydrogens (tertiary/aromatic N) is 1. The molecule has 1 fully saturated rings. The predicted octanol–water partition coefficient (Wildman–Crippen LogP) is 5.05. The van der Waals surface area contributed by atoms with Crippen LogP contribution in [0.25, 0.3) is 0 Å². The van der Waals surface area contributed by atoms with Gasteiger partial charge >= 0.3 is 0 Å². The zero-order chi connectivity index (χ0) is 19.4. The topological polar surface area (TPSA) is 32.3 Å². The number of hydrogen-bond donors (Lipinski definition) is 1. The van der Waals surface area contributed by atoms with Gasteiger partial charge in [0.1, 0.15) is 0 Å². The minimum atomic E-state index is 0.0403. The zero-order valence-electron chi connectivity index (χ0n) is 16.5. The van der Waals surface area contributed by atoms with Crippen LogP contribution in [-0.2, 0) is 11.3 Å². The van der Waals surface area contributed by atoms with Gasteiger partial charge in [0, 0.05) is 17.5 Å². The Bertz CT molecular complexity index is 797. The number of benzene rings is 2. The second-order valence-corrected chi connectivity index (χ2v) is 8.14. The van der Waals surface area contributed by atoms with Gasteiger partial charge in [0.25, 0.3) is 0 Å². The summed E-state index contributed by atoms with van der Waals surface area (Å²) in [5, 5.41) is 4.05. The van der Waals surface area contributed by atoms with E-state index in [0.29, 0.717) is 0 Å². The van der Waals surface area contributed by atoms with Crippen molar-refractivity contribution >= 4 is 17.5 Å². The Hall–Kier alpha value is -1.84. The van der Waals surface area contributed by atoms with Crippen LogP contribution in [0.5, 0.6) is 0 Å². The molecular formula is C23H29ClN2O. The van der Waals surface area contributed by atoms with Gasteiger partial charge in [0.2, 0.25) is 5.91 Å². The largest absolute Gasteiger partial charge is 0.349 e. The van der Waals surface area contributed by atoms with Gasteiger partial charge in [-0.2, -0.15) is 0 Å². The van der Waals surface area contributed by atoms with Crippen LogP contribution in [-0.4, -0.2) is 23.9 Å². The van der Waals surface area contributed by atoms with Gasteiger partial charge in [0.15, 0.2) is 0 Å². The van der Waals surface area contributed by atoms with E-state index in [4.69, 9.17) is 11.6 Å². The highest BCUT2D eigenvalue weighted by Gasteiger charge is 2.26. The highest BCUT2D eigenvalue weighted by molar-refractivity contribution is 6.31. The molecule has 1 atom stereocenters. The highest BCUT2D eigenvalue weighted by atomic mass is 35.5. The van der Waals surface area contributed by atoms with E-state index < -0.39 is 0 Å². The molecule has 0 aromatic heterocycles. The molecule has 1 amide bonds. The third-order valence-corrected chi connectivity index (χ3v) is 5.94. The molecule has 1 N–H and O–H groups in total. The summed E-state index contributed by atoms with van der Waals surface area (Å²) < 4.78 is 0. The van der Waals surface area contributed by atoms with E-state index in [9.17, 15) is 4.79 Å². The van der Waals surface area contributed by atoms with Crippen LogP contribution in [0.3, 0.4) is 0 Å². The minimum absolute atomic E-state index is 0.0403. The van der Waals surface area contributed by atoms with Crippen molar-refractivity contribution in [2.45, 2.75) is 46.2 Å². The van der Waals surface area contributed by atoms with E-state index in [-0.39, 0.29) is 17.9 Å². The van der Waals surface area contributed by atoms with Crippen molar-refractivity contribution in [3.05, 3.63) is 69.7 Å². The Labute approximate surface area is 167 Å². The number of nitrogens with one attached hydrogen (secondary N) is 1. The number of carbonyl (C=O) groups is 1. The first kappa shape index (κ1) is 19.9. The number of halogens is 1. The van der Waals surface area contributed by atoms with E-state index in [0.717, 1.165) is 43.1 Å². The smallest absolute Gasteiger partial charge is 0.223 e. The Balaban J connectivity index is 1.52. The first-order valence-corrected chi connectivity index (χ1v) is 10.1. The summed E-state index contributed by atoms with van der Waals surface area (Å²) in [7, 11) is 0. The maximum absolute atomic E-state index is 12.7. The Kier molecular flexibility index (Phi) is 6.56. The van der Waals surface area contributed by atoms with Crippen LogP contribution < -0.4 is 5.32 Å². The van der Waals surface area contributed by atoms with Crippen molar-refractivity contribution in [3.63, 3.8) is 0 Å². The summed E-state index contributed by atoms with van der Waals surface area (Å²) in [6, 6.07) is 14.4. The third kappa shape index (κ3) is 5.12. The Morgan fingerprint density at radius 3 is 2.59 bits per heavy atom. The van der Waals surface area contributed by atoms with Crippen molar-refractivity contribution in [2.24, 2.45) is 5.92 Å². The fourth-order valence-corrected chi connectivity index (χ4v) is 4.05. The van der Waals surface area contributed by atoms with Gasteiger partial charge in [0.05, 0.1) is 6.04 Å². The number of carbonyl (C=O) groups excluding carboxylic acids is 1. The van der Waals surface area contributed by atoms with Crippen LogP contribution in [0.2, 0.25) is 5.02 Å². The summed E-state index contributed by atoms with van der Waals surface area (Å²) in [6.45, 7) is 8.98. The van der Waals surface area contributed by atoms with Crippen LogP contribution in [0, 0.1) is 19.8 Å². The van der Waals surface area contributed by atoms with E-state index in [2.05, 4.69) is 55.3 Å². The van der Waals surface area contributed by atoms with Crippen molar-refractivity contribution < 1.29 is 4.79 Å². The Morgan fingerprint density at radius 1 is 1.19 bits per heavy atom. The molecule has 0 radical (unpaired) electrons. The quantitative estimate of drug-likeness (QED) is 0.782. The molecule has 0 spiro atoms. The van der Waals surface area contributed by atoms with Gasteiger partial charge in [-0.05, 0) is 69.5 Å². The van der Waals surface area contributed by atoms with Gasteiger partial charge in [-0.15, -0.1) is 0 Å². The molecule has 0 bridgehead atoms. The lowest BCUT2D eigenvalue weighted by molar-refractivity contribution is -0.127. The average Bonchev–Trinajstić information content (AvgIpc) is 2.66. The molecule has 144 valence electrons. The van der Waals surface area contributed by atoms with Gasteiger partial charge in [-0.25, -0.2) is 0 Å². The summed E-state index contributed by atoms with van der Waals surface area (Å²) in [6.07, 6.45) is 1.80. The molecule has 3 nitrogen and oxygen atoms in total. The molecule has 1 saturated heterocycles. The number of likely N-dealkylation sites (tertiary alicyclic amines) is 1. The molecule has 1 aliphatic heterocycles. The number of amides is 1. The summed E-state index contributed by atoms with van der Waals surface area (Å²) in [4.78, 5) is 15.1. The molecule has 4 heteroatoms. The van der Waals surface area contributed by atoms with Crippen molar-refractivity contribution in [1.82, 2.24) is 10.2 Å². The second-order valence-electron chi connectivity index (χ2n) is 7.73. The lowest BCUT2D eigenvalue weighted by atomic mass is 9.94. The van der Waals surface area contributed by atoms with E-state index >= 15 is 0 Å². The van der Waals surface area contributed by atoms with E-state index in [1.165, 1.54) is 16.7 Å². The molecule has 27 heavy (non-hydrogen) atoms. The fraction of sp³-hybridized carbons (Fsp3) is 0.435. The van der Waals surface area contributed by atoms with Crippen LogP contribution >= 0.6 is 11.6 Å². The van der Waals surface area contributed by atoms with Gasteiger partial charge in [-0.3, -0.25) is 9.69 Å². The number of hydrogen-bond acceptors (Lipinski definition) is 2. The maximum Gasteiger partial charge on any atom is 0.223 e. The lowest BCUT2D eigenvalue weighted by Gasteiger charge is -2.32. The fourth-order valence-electron chi connectivity index (χ4n) is 3.86. The molecule has 0 aliphatic carbocycles. The molecule has 1 aliphatic rings. The molecule has 1 unspecified atom stereocenters. The van der Waals surface area contributed by atoms with Crippen molar-refractivity contribution in [1.29, 1.82) is 0 Å². The van der Waals surface area contributed by atoms with E-state index in [1.807, 2.05) is 18.2 Å². The van der Waals surface area contributed by atoms with Crippen molar-refractivity contribution in [2.75, 3.05) is 13.1 Å². The Morgan fingerprint density at radius 2 is 1.89 bits per heavy atom. The predicted molar refractivity (Wildman–Crippen MR) is 112 cm³/mol. The first-order valence-electron chi connectivity index (χ1n) is 9.77.